The van der Waals surface area contributed by atoms with Crippen LogP contribution in [0.2, 0.25) is 0 Å². The molecule has 20 heavy (non-hydrogen) atoms. The van der Waals surface area contributed by atoms with Crippen LogP contribution in [-0.2, 0) is 0 Å². The molecule has 0 aliphatic carbocycles. The second kappa shape index (κ2) is 5.88. The fourth-order valence-corrected chi connectivity index (χ4v) is 3.49. The van der Waals surface area contributed by atoms with E-state index >= 15 is 0 Å². The number of nitrogens with zero attached hydrogens (tertiary/aromatic N) is 3. The van der Waals surface area contributed by atoms with E-state index in [0.717, 1.165) is 29.7 Å². The maximum atomic E-state index is 5.35. The molecule has 0 bridgehead atoms. The third-order valence-electron chi connectivity index (χ3n) is 4.44. The summed E-state index contributed by atoms with van der Waals surface area (Å²) in [6, 6.07) is 0.345. The second-order valence-corrected chi connectivity index (χ2v) is 7.66. The minimum absolute atomic E-state index is 0.345. The highest BCUT2D eigenvalue weighted by molar-refractivity contribution is 7.71. The average molecular weight is 296 g/mol. The molecular weight excluding hydrogens is 268 g/mol. The molecule has 1 aromatic heterocycles. The van der Waals surface area contributed by atoms with Crippen molar-refractivity contribution in [2.75, 3.05) is 18.0 Å². The molecular formula is C15H28N4S. The van der Waals surface area contributed by atoms with Gasteiger partial charge in [-0.3, -0.25) is 4.57 Å². The van der Waals surface area contributed by atoms with Crippen LogP contribution in [0.4, 0.5) is 5.95 Å². The molecule has 1 saturated heterocycles. The van der Waals surface area contributed by atoms with Crippen LogP contribution in [0.5, 0.6) is 0 Å². The minimum atomic E-state index is 0.345. The van der Waals surface area contributed by atoms with Crippen molar-refractivity contribution in [1.29, 1.82) is 0 Å². The first-order valence-electron chi connectivity index (χ1n) is 7.72. The fourth-order valence-electron chi connectivity index (χ4n) is 3.15. The first-order chi connectivity index (χ1) is 9.30. The van der Waals surface area contributed by atoms with E-state index in [1.54, 1.807) is 0 Å². The molecule has 1 aromatic rings. The van der Waals surface area contributed by atoms with E-state index in [0.29, 0.717) is 11.5 Å². The van der Waals surface area contributed by atoms with Gasteiger partial charge in [-0.15, -0.1) is 5.10 Å². The minimum Gasteiger partial charge on any atom is -0.341 e. The summed E-state index contributed by atoms with van der Waals surface area (Å²) in [5.74, 6) is 1.81. The molecule has 1 unspecified atom stereocenters. The number of rotatable bonds is 2. The zero-order valence-corrected chi connectivity index (χ0v) is 14.3. The molecule has 1 aliphatic rings. The van der Waals surface area contributed by atoms with Crippen LogP contribution in [0.1, 0.15) is 59.9 Å². The molecule has 0 saturated carbocycles. The lowest BCUT2D eigenvalue weighted by Gasteiger charge is -2.30. The van der Waals surface area contributed by atoms with Crippen LogP contribution in [0.3, 0.4) is 0 Å². The molecule has 5 heteroatoms. The lowest BCUT2D eigenvalue weighted by Crippen LogP contribution is -2.29. The van der Waals surface area contributed by atoms with E-state index in [4.69, 9.17) is 12.2 Å². The SMILES string of the molecule is CC(C)n1c(N2CCCC(C(C)(C)C)CC2)n[nH]c1=S. The molecule has 0 aromatic carbocycles. The highest BCUT2D eigenvalue weighted by Gasteiger charge is 2.28. The second-order valence-electron chi connectivity index (χ2n) is 7.27. The number of nitrogens with one attached hydrogen (secondary N) is 1. The maximum Gasteiger partial charge on any atom is 0.225 e. The van der Waals surface area contributed by atoms with Crippen molar-refractivity contribution >= 4 is 18.2 Å². The van der Waals surface area contributed by atoms with Gasteiger partial charge in [0.05, 0.1) is 0 Å². The van der Waals surface area contributed by atoms with Gasteiger partial charge in [0.2, 0.25) is 5.95 Å². The Morgan fingerprint density at radius 3 is 2.55 bits per heavy atom. The Hall–Kier alpha value is -0.840. The number of hydrogen-bond donors (Lipinski definition) is 1. The van der Waals surface area contributed by atoms with Gasteiger partial charge in [0, 0.05) is 19.1 Å². The van der Waals surface area contributed by atoms with E-state index in [1.807, 2.05) is 0 Å². The van der Waals surface area contributed by atoms with Crippen molar-refractivity contribution in [3.63, 3.8) is 0 Å². The van der Waals surface area contributed by atoms with Crippen LogP contribution in [0.25, 0.3) is 0 Å². The van der Waals surface area contributed by atoms with Crippen molar-refractivity contribution in [2.45, 2.75) is 59.9 Å². The van der Waals surface area contributed by atoms with Gasteiger partial charge in [0.15, 0.2) is 4.77 Å². The lowest BCUT2D eigenvalue weighted by atomic mass is 9.77. The van der Waals surface area contributed by atoms with Gasteiger partial charge in [0.25, 0.3) is 0 Å². The maximum absolute atomic E-state index is 5.35. The summed E-state index contributed by atoms with van der Waals surface area (Å²) in [5, 5.41) is 7.41. The van der Waals surface area contributed by atoms with Gasteiger partial charge in [0.1, 0.15) is 0 Å². The van der Waals surface area contributed by atoms with Crippen LogP contribution < -0.4 is 4.90 Å². The third kappa shape index (κ3) is 3.25. The van der Waals surface area contributed by atoms with Crippen LogP contribution in [0.15, 0.2) is 0 Å². The van der Waals surface area contributed by atoms with Crippen molar-refractivity contribution in [2.24, 2.45) is 11.3 Å². The van der Waals surface area contributed by atoms with E-state index in [9.17, 15) is 0 Å². The van der Waals surface area contributed by atoms with Gasteiger partial charge in [-0.05, 0) is 56.7 Å². The summed E-state index contributed by atoms with van der Waals surface area (Å²) in [6.45, 7) is 13.6. The topological polar surface area (TPSA) is 36.9 Å². The summed E-state index contributed by atoms with van der Waals surface area (Å²) in [5.41, 5.74) is 0.402. The largest absolute Gasteiger partial charge is 0.341 e. The molecule has 114 valence electrons. The van der Waals surface area contributed by atoms with Gasteiger partial charge < -0.3 is 4.90 Å². The quantitative estimate of drug-likeness (QED) is 0.832. The predicted octanol–water partition coefficient (Wildman–Crippen LogP) is 4.17. The number of H-pyrrole nitrogens is 1. The molecule has 1 aliphatic heterocycles. The summed E-state index contributed by atoms with van der Waals surface area (Å²) >= 11 is 5.35. The lowest BCUT2D eigenvalue weighted by molar-refractivity contribution is 0.220. The Balaban J connectivity index is 2.17. The van der Waals surface area contributed by atoms with Gasteiger partial charge in [-0.2, -0.15) is 0 Å². The van der Waals surface area contributed by atoms with E-state index in [2.05, 4.69) is 54.3 Å². The Morgan fingerprint density at radius 1 is 1.25 bits per heavy atom. The van der Waals surface area contributed by atoms with Crippen molar-refractivity contribution in [3.8, 4) is 0 Å². The summed E-state index contributed by atoms with van der Waals surface area (Å²) < 4.78 is 2.86. The predicted molar refractivity (Wildman–Crippen MR) is 86.8 cm³/mol. The Bertz CT molecular complexity index is 495. The monoisotopic (exact) mass is 296 g/mol. The zero-order valence-electron chi connectivity index (χ0n) is 13.4. The molecule has 1 N–H and O–H groups in total. The van der Waals surface area contributed by atoms with Crippen LogP contribution >= 0.6 is 12.2 Å². The number of hydrogen-bond acceptors (Lipinski definition) is 3. The van der Waals surface area contributed by atoms with Gasteiger partial charge in [-0.1, -0.05) is 20.8 Å². The smallest absolute Gasteiger partial charge is 0.225 e. The van der Waals surface area contributed by atoms with Crippen LogP contribution in [0, 0.1) is 16.1 Å². The number of aromatic nitrogens is 3. The van der Waals surface area contributed by atoms with Crippen LogP contribution in [-0.4, -0.2) is 27.9 Å². The first kappa shape index (κ1) is 15.5. The van der Waals surface area contributed by atoms with Crippen molar-refractivity contribution < 1.29 is 0 Å². The normalized spacial score (nSPS) is 21.3. The standard InChI is InChI=1S/C15H28N4S/c1-11(2)19-13(16-17-14(19)20)18-9-6-7-12(8-10-18)15(3,4)5/h11-12H,6-10H2,1-5H3,(H,17,20). The summed E-state index contributed by atoms with van der Waals surface area (Å²) in [4.78, 5) is 2.40. The Morgan fingerprint density at radius 2 is 1.95 bits per heavy atom. The molecule has 2 rings (SSSR count). The third-order valence-corrected chi connectivity index (χ3v) is 4.73. The van der Waals surface area contributed by atoms with Gasteiger partial charge in [-0.25, -0.2) is 5.10 Å². The highest BCUT2D eigenvalue weighted by atomic mass is 32.1. The number of anilines is 1. The molecule has 2 heterocycles. The van der Waals surface area contributed by atoms with Crippen molar-refractivity contribution in [3.05, 3.63) is 4.77 Å². The fraction of sp³-hybridized carbons (Fsp3) is 0.867. The van der Waals surface area contributed by atoms with E-state index < -0.39 is 0 Å². The molecule has 1 atom stereocenters. The summed E-state index contributed by atoms with van der Waals surface area (Å²) in [6.07, 6.45) is 3.79. The molecule has 0 spiro atoms. The van der Waals surface area contributed by atoms with Gasteiger partial charge >= 0.3 is 0 Å². The van der Waals surface area contributed by atoms with E-state index in [1.165, 1.54) is 19.3 Å². The molecule has 1 fully saturated rings. The Labute approximate surface area is 127 Å². The molecule has 0 radical (unpaired) electrons. The highest BCUT2D eigenvalue weighted by Crippen LogP contribution is 2.35. The first-order valence-corrected chi connectivity index (χ1v) is 8.13. The summed E-state index contributed by atoms with van der Waals surface area (Å²) in [7, 11) is 0. The number of aromatic amines is 1. The Kier molecular flexibility index (Phi) is 4.57. The average Bonchev–Trinajstić information content (AvgIpc) is 2.58. The zero-order chi connectivity index (χ0) is 14.9. The van der Waals surface area contributed by atoms with E-state index in [-0.39, 0.29) is 0 Å². The molecule has 0 amide bonds. The van der Waals surface area contributed by atoms with Crippen molar-refractivity contribution in [1.82, 2.24) is 14.8 Å². The molecule has 4 nitrogen and oxygen atoms in total.